The first-order valence-corrected chi connectivity index (χ1v) is 7.42. The van der Waals surface area contributed by atoms with E-state index in [0.717, 1.165) is 21.7 Å². The molecular formula is C14H15N3S2. The van der Waals surface area contributed by atoms with Crippen LogP contribution < -0.4 is 11.1 Å². The van der Waals surface area contributed by atoms with Crippen LogP contribution in [0.15, 0.2) is 41.4 Å². The number of para-hydroxylation sites is 1. The molecule has 0 aliphatic carbocycles. The average molecular weight is 289 g/mol. The SMILES string of the molecule is CSc1ccccc1Nc1nccc(C)c1C(N)=S. The molecule has 1 heterocycles. The molecule has 0 radical (unpaired) electrons. The summed E-state index contributed by atoms with van der Waals surface area (Å²) >= 11 is 6.79. The summed E-state index contributed by atoms with van der Waals surface area (Å²) < 4.78 is 0. The molecule has 0 unspecified atom stereocenters. The first-order valence-electron chi connectivity index (χ1n) is 5.79. The summed E-state index contributed by atoms with van der Waals surface area (Å²) in [5.74, 6) is 0.703. The standard InChI is InChI=1S/C14H15N3S2/c1-9-7-8-16-14(12(9)13(15)18)17-10-5-3-4-6-11(10)19-2/h3-8H,1-2H3,(H2,15,18)(H,16,17). The zero-order chi connectivity index (χ0) is 13.8. The lowest BCUT2D eigenvalue weighted by molar-refractivity contribution is 1.25. The number of benzene rings is 1. The van der Waals surface area contributed by atoms with Gasteiger partial charge >= 0.3 is 0 Å². The van der Waals surface area contributed by atoms with Gasteiger partial charge in [0, 0.05) is 11.1 Å². The lowest BCUT2D eigenvalue weighted by Gasteiger charge is -2.14. The lowest BCUT2D eigenvalue weighted by Crippen LogP contribution is -2.14. The van der Waals surface area contributed by atoms with E-state index in [1.165, 1.54) is 0 Å². The van der Waals surface area contributed by atoms with Crippen molar-refractivity contribution in [1.29, 1.82) is 0 Å². The van der Waals surface area contributed by atoms with E-state index in [4.69, 9.17) is 18.0 Å². The van der Waals surface area contributed by atoms with Gasteiger partial charge in [0.2, 0.25) is 0 Å². The molecule has 0 spiro atoms. The maximum absolute atomic E-state index is 5.79. The molecule has 3 N–H and O–H groups in total. The summed E-state index contributed by atoms with van der Waals surface area (Å²) in [4.78, 5) is 5.85. The van der Waals surface area contributed by atoms with Gasteiger partial charge in [0.25, 0.3) is 0 Å². The molecule has 0 saturated heterocycles. The van der Waals surface area contributed by atoms with Gasteiger partial charge < -0.3 is 11.1 Å². The van der Waals surface area contributed by atoms with E-state index in [1.54, 1.807) is 18.0 Å². The van der Waals surface area contributed by atoms with E-state index in [0.29, 0.717) is 10.8 Å². The van der Waals surface area contributed by atoms with Crippen LogP contribution >= 0.6 is 24.0 Å². The molecule has 1 aromatic carbocycles. The van der Waals surface area contributed by atoms with Crippen LogP contribution in [-0.2, 0) is 0 Å². The predicted molar refractivity (Wildman–Crippen MR) is 86.4 cm³/mol. The Morgan fingerprint density at radius 2 is 2.05 bits per heavy atom. The van der Waals surface area contributed by atoms with Gasteiger partial charge in [-0.2, -0.15) is 0 Å². The number of anilines is 2. The lowest BCUT2D eigenvalue weighted by atomic mass is 10.1. The minimum absolute atomic E-state index is 0.356. The van der Waals surface area contributed by atoms with Crippen LogP contribution in [0.25, 0.3) is 0 Å². The van der Waals surface area contributed by atoms with Gasteiger partial charge in [0.15, 0.2) is 0 Å². The average Bonchev–Trinajstić information content (AvgIpc) is 2.39. The zero-order valence-electron chi connectivity index (χ0n) is 10.8. The van der Waals surface area contributed by atoms with Gasteiger partial charge in [-0.05, 0) is 36.9 Å². The number of aromatic nitrogens is 1. The molecule has 5 heteroatoms. The molecule has 3 nitrogen and oxygen atoms in total. The summed E-state index contributed by atoms with van der Waals surface area (Å²) in [7, 11) is 0. The second kappa shape index (κ2) is 6.04. The largest absolute Gasteiger partial charge is 0.389 e. The van der Waals surface area contributed by atoms with Crippen LogP contribution in [-0.4, -0.2) is 16.2 Å². The molecule has 0 aliphatic heterocycles. The van der Waals surface area contributed by atoms with Gasteiger partial charge in [0.05, 0.1) is 11.3 Å². The van der Waals surface area contributed by atoms with Crippen LogP contribution in [0.1, 0.15) is 11.1 Å². The van der Waals surface area contributed by atoms with Crippen LogP contribution in [0, 0.1) is 6.92 Å². The Bertz CT molecular complexity index is 611. The van der Waals surface area contributed by atoms with Gasteiger partial charge in [0.1, 0.15) is 10.8 Å². The summed E-state index contributed by atoms with van der Waals surface area (Å²) in [6.07, 6.45) is 3.79. The third-order valence-electron chi connectivity index (χ3n) is 2.77. The van der Waals surface area contributed by atoms with Gasteiger partial charge in [-0.15, -0.1) is 11.8 Å². The number of nitrogens with two attached hydrogens (primary N) is 1. The highest BCUT2D eigenvalue weighted by atomic mass is 32.2. The Morgan fingerprint density at radius 3 is 2.74 bits per heavy atom. The van der Waals surface area contributed by atoms with Crippen molar-refractivity contribution in [2.24, 2.45) is 5.73 Å². The second-order valence-electron chi connectivity index (χ2n) is 4.04. The second-order valence-corrected chi connectivity index (χ2v) is 5.33. The number of thiocarbonyl (C=S) groups is 1. The summed E-state index contributed by atoms with van der Waals surface area (Å²) in [5, 5.41) is 3.31. The van der Waals surface area contributed by atoms with Crippen molar-refractivity contribution >= 4 is 40.5 Å². The molecule has 0 fully saturated rings. The quantitative estimate of drug-likeness (QED) is 0.666. The first-order chi connectivity index (χ1) is 9.13. The first kappa shape index (κ1) is 13.8. The maximum Gasteiger partial charge on any atom is 0.140 e. The zero-order valence-corrected chi connectivity index (χ0v) is 12.4. The number of nitrogens with one attached hydrogen (secondary N) is 1. The summed E-state index contributed by atoms with van der Waals surface area (Å²) in [6, 6.07) is 9.97. The van der Waals surface area contributed by atoms with Crippen molar-refractivity contribution in [2.45, 2.75) is 11.8 Å². The molecule has 2 rings (SSSR count). The summed E-state index contributed by atoms with van der Waals surface area (Å²) in [5.41, 5.74) is 8.61. The van der Waals surface area contributed by atoms with E-state index in [2.05, 4.69) is 16.4 Å². The Hall–Kier alpha value is -1.59. The molecular weight excluding hydrogens is 274 g/mol. The van der Waals surface area contributed by atoms with Crippen LogP contribution in [0.3, 0.4) is 0 Å². The Morgan fingerprint density at radius 1 is 1.32 bits per heavy atom. The molecule has 0 aliphatic rings. The Kier molecular flexibility index (Phi) is 4.39. The summed E-state index contributed by atoms with van der Waals surface area (Å²) in [6.45, 7) is 1.97. The highest BCUT2D eigenvalue weighted by Crippen LogP contribution is 2.28. The van der Waals surface area contributed by atoms with Crippen LogP contribution in [0.2, 0.25) is 0 Å². The molecule has 0 amide bonds. The van der Waals surface area contributed by atoms with E-state index in [-0.39, 0.29) is 0 Å². The Labute approximate surface area is 122 Å². The molecule has 0 bridgehead atoms. The molecule has 0 atom stereocenters. The fourth-order valence-corrected chi connectivity index (χ4v) is 2.65. The van der Waals surface area contributed by atoms with E-state index >= 15 is 0 Å². The monoisotopic (exact) mass is 289 g/mol. The van der Waals surface area contributed by atoms with E-state index in [9.17, 15) is 0 Å². The van der Waals surface area contributed by atoms with Crippen molar-refractivity contribution in [3.05, 3.63) is 47.7 Å². The molecule has 2 aromatic rings. The molecule has 0 saturated carbocycles. The normalized spacial score (nSPS) is 10.2. The topological polar surface area (TPSA) is 50.9 Å². The fourth-order valence-electron chi connectivity index (χ4n) is 1.84. The van der Waals surface area contributed by atoms with E-state index < -0.39 is 0 Å². The highest BCUT2D eigenvalue weighted by molar-refractivity contribution is 7.98. The van der Waals surface area contributed by atoms with Gasteiger partial charge in [-0.1, -0.05) is 24.4 Å². The molecule has 98 valence electrons. The van der Waals surface area contributed by atoms with Crippen molar-refractivity contribution in [3.63, 3.8) is 0 Å². The minimum Gasteiger partial charge on any atom is -0.389 e. The highest BCUT2D eigenvalue weighted by Gasteiger charge is 2.11. The van der Waals surface area contributed by atoms with Gasteiger partial charge in [-0.3, -0.25) is 0 Å². The van der Waals surface area contributed by atoms with Crippen LogP contribution in [0.4, 0.5) is 11.5 Å². The van der Waals surface area contributed by atoms with Crippen molar-refractivity contribution in [3.8, 4) is 0 Å². The minimum atomic E-state index is 0.356. The van der Waals surface area contributed by atoms with E-state index in [1.807, 2.05) is 37.4 Å². The van der Waals surface area contributed by atoms with Crippen molar-refractivity contribution < 1.29 is 0 Å². The Balaban J connectivity index is 2.44. The number of hydrogen-bond donors (Lipinski definition) is 2. The third kappa shape index (κ3) is 3.05. The number of rotatable bonds is 4. The number of hydrogen-bond acceptors (Lipinski definition) is 4. The number of aryl methyl sites for hydroxylation is 1. The van der Waals surface area contributed by atoms with Gasteiger partial charge in [-0.25, -0.2) is 4.98 Å². The number of pyridine rings is 1. The van der Waals surface area contributed by atoms with Crippen molar-refractivity contribution in [2.75, 3.05) is 11.6 Å². The number of thioether (sulfide) groups is 1. The molecule has 19 heavy (non-hydrogen) atoms. The third-order valence-corrected chi connectivity index (χ3v) is 3.77. The van der Waals surface area contributed by atoms with Crippen LogP contribution in [0.5, 0.6) is 0 Å². The maximum atomic E-state index is 5.79. The molecule has 1 aromatic heterocycles. The predicted octanol–water partition coefficient (Wildman–Crippen LogP) is 3.49. The van der Waals surface area contributed by atoms with Crippen molar-refractivity contribution in [1.82, 2.24) is 4.98 Å². The smallest absolute Gasteiger partial charge is 0.140 e. The fraction of sp³-hybridized carbons (Fsp3) is 0.143. The number of nitrogens with zero attached hydrogens (tertiary/aromatic N) is 1.